The minimum absolute atomic E-state index is 0.00974. The van der Waals surface area contributed by atoms with E-state index < -0.39 is 11.5 Å². The molecule has 1 atom stereocenters. The molecular formula is C14H24N2O4. The van der Waals surface area contributed by atoms with Crippen molar-refractivity contribution in [3.63, 3.8) is 0 Å². The van der Waals surface area contributed by atoms with E-state index in [1.165, 1.54) is 0 Å². The van der Waals surface area contributed by atoms with Gasteiger partial charge >= 0.3 is 5.97 Å². The van der Waals surface area contributed by atoms with Gasteiger partial charge in [0.05, 0.1) is 12.3 Å². The Bertz CT molecular complexity index is 391. The van der Waals surface area contributed by atoms with Crippen LogP contribution in [0.5, 0.6) is 0 Å². The summed E-state index contributed by atoms with van der Waals surface area (Å²) in [6.45, 7) is 6.64. The third-order valence-corrected chi connectivity index (χ3v) is 4.20. The number of nitrogens with one attached hydrogen (secondary N) is 1. The zero-order valence-electron chi connectivity index (χ0n) is 12.4. The predicted molar refractivity (Wildman–Crippen MR) is 74.1 cm³/mol. The summed E-state index contributed by atoms with van der Waals surface area (Å²) >= 11 is 0. The Morgan fingerprint density at radius 2 is 1.95 bits per heavy atom. The van der Waals surface area contributed by atoms with Gasteiger partial charge in [-0.25, -0.2) is 0 Å². The van der Waals surface area contributed by atoms with E-state index in [9.17, 15) is 14.4 Å². The van der Waals surface area contributed by atoms with Gasteiger partial charge in [0.25, 0.3) is 0 Å². The highest BCUT2D eigenvalue weighted by molar-refractivity contribution is 5.89. The van der Waals surface area contributed by atoms with Gasteiger partial charge in [0.15, 0.2) is 0 Å². The molecule has 1 aliphatic heterocycles. The molecule has 0 aromatic heterocycles. The average Bonchev–Trinajstić information content (AvgIpc) is 2.78. The van der Waals surface area contributed by atoms with Crippen LogP contribution >= 0.6 is 0 Å². The molecule has 0 saturated carbocycles. The number of amides is 2. The van der Waals surface area contributed by atoms with Gasteiger partial charge < -0.3 is 15.3 Å². The number of likely N-dealkylation sites (tertiary alicyclic amines) is 1. The number of carboxylic acids is 1. The molecule has 1 aliphatic rings. The first-order valence-electron chi connectivity index (χ1n) is 7.19. The van der Waals surface area contributed by atoms with Crippen molar-refractivity contribution in [1.82, 2.24) is 10.2 Å². The summed E-state index contributed by atoms with van der Waals surface area (Å²) in [7, 11) is 0. The zero-order valence-corrected chi connectivity index (χ0v) is 12.4. The fraction of sp³-hybridized carbons (Fsp3) is 0.786. The minimum Gasteiger partial charge on any atom is -0.481 e. The molecule has 0 spiro atoms. The highest BCUT2D eigenvalue weighted by atomic mass is 16.4. The second-order valence-corrected chi connectivity index (χ2v) is 5.38. The number of carbonyl (C=O) groups is 3. The van der Waals surface area contributed by atoms with E-state index >= 15 is 0 Å². The molecule has 2 N–H and O–H groups in total. The van der Waals surface area contributed by atoms with Gasteiger partial charge in [-0.1, -0.05) is 13.8 Å². The van der Waals surface area contributed by atoms with Crippen LogP contribution in [0.1, 0.15) is 46.5 Å². The number of rotatable bonds is 7. The van der Waals surface area contributed by atoms with E-state index in [4.69, 9.17) is 5.11 Å². The van der Waals surface area contributed by atoms with Crippen LogP contribution in [0.3, 0.4) is 0 Å². The molecule has 0 bridgehead atoms. The van der Waals surface area contributed by atoms with Crippen LogP contribution in [0.4, 0.5) is 0 Å². The van der Waals surface area contributed by atoms with Crippen LogP contribution < -0.4 is 5.32 Å². The lowest BCUT2D eigenvalue weighted by molar-refractivity contribution is -0.139. The quantitative estimate of drug-likeness (QED) is 0.730. The highest BCUT2D eigenvalue weighted by Gasteiger charge is 2.38. The SMILES string of the molecule is CCN1CC(C(=O)NC(CC)(CC)CC(=O)O)CC1=O. The third-order valence-electron chi connectivity index (χ3n) is 4.20. The van der Waals surface area contributed by atoms with E-state index in [0.717, 1.165) is 0 Å². The van der Waals surface area contributed by atoms with Crippen molar-refractivity contribution >= 4 is 17.8 Å². The molecule has 1 rings (SSSR count). The molecule has 2 amide bonds. The number of nitrogens with zero attached hydrogens (tertiary/aromatic N) is 1. The highest BCUT2D eigenvalue weighted by Crippen LogP contribution is 2.23. The molecule has 1 heterocycles. The first kappa shape index (κ1) is 16.5. The van der Waals surface area contributed by atoms with Gasteiger partial charge in [-0.05, 0) is 19.8 Å². The number of hydrogen-bond donors (Lipinski definition) is 2. The molecule has 1 saturated heterocycles. The molecule has 20 heavy (non-hydrogen) atoms. The molecule has 114 valence electrons. The Balaban J connectivity index is 2.72. The van der Waals surface area contributed by atoms with Gasteiger partial charge in [-0.3, -0.25) is 14.4 Å². The van der Waals surface area contributed by atoms with Crippen molar-refractivity contribution in [2.75, 3.05) is 13.1 Å². The molecular weight excluding hydrogens is 260 g/mol. The molecule has 0 aromatic carbocycles. The Hall–Kier alpha value is -1.59. The van der Waals surface area contributed by atoms with Crippen molar-refractivity contribution in [3.05, 3.63) is 0 Å². The number of carboxylic acid groups (broad SMARTS) is 1. The van der Waals surface area contributed by atoms with Crippen molar-refractivity contribution in [1.29, 1.82) is 0 Å². The van der Waals surface area contributed by atoms with Crippen LogP contribution in [0.15, 0.2) is 0 Å². The number of aliphatic carboxylic acids is 1. The van der Waals surface area contributed by atoms with Gasteiger partial charge in [0.1, 0.15) is 0 Å². The lowest BCUT2D eigenvalue weighted by Crippen LogP contribution is -2.51. The molecule has 6 heteroatoms. The van der Waals surface area contributed by atoms with Crippen LogP contribution in [0, 0.1) is 5.92 Å². The monoisotopic (exact) mass is 284 g/mol. The largest absolute Gasteiger partial charge is 0.481 e. The Kier molecular flexibility index (Phi) is 5.53. The van der Waals surface area contributed by atoms with Crippen LogP contribution in [-0.4, -0.2) is 46.4 Å². The first-order chi connectivity index (χ1) is 9.37. The Morgan fingerprint density at radius 3 is 2.35 bits per heavy atom. The van der Waals surface area contributed by atoms with Crippen molar-refractivity contribution < 1.29 is 19.5 Å². The summed E-state index contributed by atoms with van der Waals surface area (Å²) in [6, 6.07) is 0. The summed E-state index contributed by atoms with van der Waals surface area (Å²) in [4.78, 5) is 36.6. The molecule has 0 aromatic rings. The van der Waals surface area contributed by atoms with Crippen LogP contribution in [-0.2, 0) is 14.4 Å². The molecule has 1 unspecified atom stereocenters. The van der Waals surface area contributed by atoms with E-state index in [0.29, 0.717) is 25.9 Å². The van der Waals surface area contributed by atoms with E-state index in [2.05, 4.69) is 5.32 Å². The summed E-state index contributed by atoms with van der Waals surface area (Å²) in [5.74, 6) is -1.51. The zero-order chi connectivity index (χ0) is 15.3. The molecule has 1 fully saturated rings. The normalized spacial score (nSPS) is 19.2. The Morgan fingerprint density at radius 1 is 1.35 bits per heavy atom. The van der Waals surface area contributed by atoms with Gasteiger partial charge in [-0.2, -0.15) is 0 Å². The maximum absolute atomic E-state index is 12.3. The molecule has 6 nitrogen and oxygen atoms in total. The van der Waals surface area contributed by atoms with Gasteiger partial charge in [0.2, 0.25) is 11.8 Å². The van der Waals surface area contributed by atoms with E-state index in [1.54, 1.807) is 4.90 Å². The maximum Gasteiger partial charge on any atom is 0.305 e. The maximum atomic E-state index is 12.3. The lowest BCUT2D eigenvalue weighted by atomic mass is 9.88. The number of carbonyl (C=O) groups excluding carboxylic acids is 2. The van der Waals surface area contributed by atoms with Crippen molar-refractivity contribution in [3.8, 4) is 0 Å². The summed E-state index contributed by atoms with van der Waals surface area (Å²) < 4.78 is 0. The second kappa shape index (κ2) is 6.72. The lowest BCUT2D eigenvalue weighted by Gasteiger charge is -2.32. The number of hydrogen-bond acceptors (Lipinski definition) is 3. The summed E-state index contributed by atoms with van der Waals surface area (Å²) in [5.41, 5.74) is -0.717. The van der Waals surface area contributed by atoms with Gasteiger partial charge in [-0.15, -0.1) is 0 Å². The van der Waals surface area contributed by atoms with Gasteiger partial charge in [0, 0.05) is 25.0 Å². The van der Waals surface area contributed by atoms with Crippen molar-refractivity contribution in [2.24, 2.45) is 5.92 Å². The summed E-state index contributed by atoms with van der Waals surface area (Å²) in [5, 5.41) is 11.9. The topological polar surface area (TPSA) is 86.7 Å². The smallest absolute Gasteiger partial charge is 0.305 e. The van der Waals surface area contributed by atoms with Crippen LogP contribution in [0.2, 0.25) is 0 Å². The first-order valence-corrected chi connectivity index (χ1v) is 7.19. The average molecular weight is 284 g/mol. The minimum atomic E-state index is -0.924. The van der Waals surface area contributed by atoms with E-state index in [1.807, 2.05) is 20.8 Å². The molecule has 0 aliphatic carbocycles. The van der Waals surface area contributed by atoms with Crippen LogP contribution in [0.25, 0.3) is 0 Å². The van der Waals surface area contributed by atoms with Crippen molar-refractivity contribution in [2.45, 2.75) is 52.0 Å². The third kappa shape index (κ3) is 3.71. The summed E-state index contributed by atoms with van der Waals surface area (Å²) in [6.07, 6.45) is 1.24. The molecule has 0 radical (unpaired) electrons. The van der Waals surface area contributed by atoms with E-state index in [-0.39, 0.29) is 30.6 Å². The standard InChI is InChI=1S/C14H24N2O4/c1-4-14(5-2,8-12(18)19)15-13(20)10-7-11(17)16(6-3)9-10/h10H,4-9H2,1-3H3,(H,15,20)(H,18,19). The second-order valence-electron chi connectivity index (χ2n) is 5.38. The fourth-order valence-electron chi connectivity index (χ4n) is 2.63. The Labute approximate surface area is 119 Å². The predicted octanol–water partition coefficient (Wildman–Crippen LogP) is 1.00. The fourth-order valence-corrected chi connectivity index (χ4v) is 2.63.